The molecule has 0 saturated carbocycles. The SMILES string of the molecule is O=C(C1CNNC1c1ccccc1)N1CCC(Cc2cccc(F)c2)CC1. The molecule has 27 heavy (non-hydrogen) atoms. The van der Waals surface area contributed by atoms with Crippen LogP contribution in [0.1, 0.15) is 30.0 Å². The highest BCUT2D eigenvalue weighted by molar-refractivity contribution is 5.80. The van der Waals surface area contributed by atoms with Gasteiger partial charge in [0.1, 0.15) is 5.82 Å². The van der Waals surface area contributed by atoms with E-state index >= 15 is 0 Å². The zero-order chi connectivity index (χ0) is 18.6. The largest absolute Gasteiger partial charge is 0.342 e. The molecule has 0 spiro atoms. The van der Waals surface area contributed by atoms with Crippen molar-refractivity contribution in [3.63, 3.8) is 0 Å². The topological polar surface area (TPSA) is 44.4 Å². The van der Waals surface area contributed by atoms with Crippen molar-refractivity contribution in [2.45, 2.75) is 25.3 Å². The van der Waals surface area contributed by atoms with Gasteiger partial charge >= 0.3 is 0 Å². The van der Waals surface area contributed by atoms with E-state index in [4.69, 9.17) is 0 Å². The Labute approximate surface area is 159 Å². The number of rotatable bonds is 4. The van der Waals surface area contributed by atoms with Gasteiger partial charge in [-0.3, -0.25) is 10.2 Å². The lowest BCUT2D eigenvalue weighted by atomic mass is 9.88. The molecule has 0 radical (unpaired) electrons. The minimum absolute atomic E-state index is 0.0173. The number of likely N-dealkylation sites (tertiary alicyclic amines) is 1. The van der Waals surface area contributed by atoms with Crippen LogP contribution in [0, 0.1) is 17.7 Å². The van der Waals surface area contributed by atoms with Crippen LogP contribution < -0.4 is 10.9 Å². The fourth-order valence-electron chi connectivity index (χ4n) is 4.29. The van der Waals surface area contributed by atoms with E-state index in [0.29, 0.717) is 12.5 Å². The van der Waals surface area contributed by atoms with Gasteiger partial charge in [-0.1, -0.05) is 42.5 Å². The normalized spacial score (nSPS) is 23.5. The summed E-state index contributed by atoms with van der Waals surface area (Å²) >= 11 is 0. The van der Waals surface area contributed by atoms with E-state index in [1.807, 2.05) is 29.2 Å². The van der Waals surface area contributed by atoms with Gasteiger partial charge in [0, 0.05) is 19.6 Å². The molecule has 0 aliphatic carbocycles. The zero-order valence-electron chi connectivity index (χ0n) is 15.4. The Balaban J connectivity index is 1.34. The third-order valence-corrected chi connectivity index (χ3v) is 5.80. The third-order valence-electron chi connectivity index (χ3n) is 5.80. The summed E-state index contributed by atoms with van der Waals surface area (Å²) in [7, 11) is 0. The van der Waals surface area contributed by atoms with Crippen molar-refractivity contribution >= 4 is 5.91 Å². The average molecular weight is 367 g/mol. The number of hydrogen-bond donors (Lipinski definition) is 2. The highest BCUT2D eigenvalue weighted by Crippen LogP contribution is 2.29. The number of carbonyl (C=O) groups excluding carboxylic acids is 1. The summed E-state index contributed by atoms with van der Waals surface area (Å²) in [6.07, 6.45) is 2.84. The molecule has 2 saturated heterocycles. The molecule has 5 heteroatoms. The highest BCUT2D eigenvalue weighted by atomic mass is 19.1. The van der Waals surface area contributed by atoms with Crippen LogP contribution in [0.5, 0.6) is 0 Å². The van der Waals surface area contributed by atoms with E-state index < -0.39 is 0 Å². The molecule has 2 aliphatic heterocycles. The van der Waals surface area contributed by atoms with Crippen molar-refractivity contribution in [3.05, 3.63) is 71.5 Å². The maximum atomic E-state index is 13.4. The average Bonchev–Trinajstić information content (AvgIpc) is 3.19. The van der Waals surface area contributed by atoms with Crippen LogP contribution >= 0.6 is 0 Å². The molecular formula is C22H26FN3O. The molecule has 2 aromatic carbocycles. The minimum atomic E-state index is -0.173. The van der Waals surface area contributed by atoms with Gasteiger partial charge in [0.2, 0.25) is 5.91 Å². The molecule has 2 aromatic rings. The van der Waals surface area contributed by atoms with Gasteiger partial charge in [-0.15, -0.1) is 0 Å². The number of nitrogens with zero attached hydrogens (tertiary/aromatic N) is 1. The fourth-order valence-corrected chi connectivity index (χ4v) is 4.29. The fraction of sp³-hybridized carbons (Fsp3) is 0.409. The van der Waals surface area contributed by atoms with Crippen LogP contribution in [0.3, 0.4) is 0 Å². The Morgan fingerprint density at radius 2 is 1.85 bits per heavy atom. The number of hydrogen-bond acceptors (Lipinski definition) is 3. The minimum Gasteiger partial charge on any atom is -0.342 e. The molecule has 4 rings (SSSR count). The second-order valence-corrected chi connectivity index (χ2v) is 7.62. The quantitative estimate of drug-likeness (QED) is 0.873. The van der Waals surface area contributed by atoms with Crippen LogP contribution in [-0.2, 0) is 11.2 Å². The standard InChI is InChI=1S/C22H26FN3O/c23-19-8-4-5-17(14-19)13-16-9-11-26(12-10-16)22(27)20-15-24-25-21(20)18-6-2-1-3-7-18/h1-8,14,16,20-21,24-25H,9-13,15H2. The maximum Gasteiger partial charge on any atom is 0.229 e. The summed E-state index contributed by atoms with van der Waals surface area (Å²) in [6.45, 7) is 2.23. The first kappa shape index (κ1) is 18.1. The number of halogens is 1. The summed E-state index contributed by atoms with van der Waals surface area (Å²) < 4.78 is 13.4. The Morgan fingerprint density at radius 1 is 1.07 bits per heavy atom. The van der Waals surface area contributed by atoms with Gasteiger partial charge in [-0.2, -0.15) is 0 Å². The third kappa shape index (κ3) is 4.20. The lowest BCUT2D eigenvalue weighted by molar-refractivity contribution is -0.136. The van der Waals surface area contributed by atoms with Gasteiger partial charge in [0.15, 0.2) is 0 Å². The molecule has 4 nitrogen and oxygen atoms in total. The number of hydrazine groups is 1. The van der Waals surface area contributed by atoms with Crippen molar-refractivity contribution in [1.29, 1.82) is 0 Å². The number of benzene rings is 2. The van der Waals surface area contributed by atoms with E-state index in [1.165, 1.54) is 6.07 Å². The maximum absolute atomic E-state index is 13.4. The first-order valence-electron chi connectivity index (χ1n) is 9.77. The molecule has 2 heterocycles. The Kier molecular flexibility index (Phi) is 5.50. The molecule has 142 valence electrons. The Morgan fingerprint density at radius 3 is 2.59 bits per heavy atom. The summed E-state index contributed by atoms with van der Waals surface area (Å²) in [5.41, 5.74) is 8.60. The molecule has 0 bridgehead atoms. The second-order valence-electron chi connectivity index (χ2n) is 7.62. The van der Waals surface area contributed by atoms with Crippen molar-refractivity contribution in [2.75, 3.05) is 19.6 Å². The zero-order valence-corrected chi connectivity index (χ0v) is 15.4. The Bertz CT molecular complexity index is 774. The smallest absolute Gasteiger partial charge is 0.229 e. The molecule has 2 N–H and O–H groups in total. The number of carbonyl (C=O) groups is 1. The number of nitrogens with one attached hydrogen (secondary N) is 2. The van der Waals surface area contributed by atoms with Crippen LogP contribution in [-0.4, -0.2) is 30.4 Å². The van der Waals surface area contributed by atoms with Crippen molar-refractivity contribution in [3.8, 4) is 0 Å². The summed E-state index contributed by atoms with van der Waals surface area (Å²) in [4.78, 5) is 15.1. The van der Waals surface area contributed by atoms with Gasteiger partial charge in [-0.25, -0.2) is 9.82 Å². The first-order chi connectivity index (χ1) is 13.2. The first-order valence-corrected chi connectivity index (χ1v) is 9.77. The van der Waals surface area contributed by atoms with E-state index in [-0.39, 0.29) is 23.7 Å². The summed E-state index contributed by atoms with van der Waals surface area (Å²) in [6, 6.07) is 17.0. The van der Waals surface area contributed by atoms with E-state index in [2.05, 4.69) is 23.0 Å². The van der Waals surface area contributed by atoms with E-state index in [1.54, 1.807) is 12.1 Å². The summed E-state index contributed by atoms with van der Waals surface area (Å²) in [5, 5.41) is 0. The Hall–Kier alpha value is -2.24. The van der Waals surface area contributed by atoms with Crippen LogP contribution in [0.4, 0.5) is 4.39 Å². The van der Waals surface area contributed by atoms with Gasteiger partial charge < -0.3 is 4.90 Å². The highest BCUT2D eigenvalue weighted by Gasteiger charge is 2.37. The molecule has 2 atom stereocenters. The number of piperidine rings is 1. The van der Waals surface area contributed by atoms with Crippen molar-refractivity contribution in [1.82, 2.24) is 15.8 Å². The van der Waals surface area contributed by atoms with Crippen molar-refractivity contribution in [2.24, 2.45) is 11.8 Å². The number of amides is 1. The van der Waals surface area contributed by atoms with Crippen LogP contribution in [0.15, 0.2) is 54.6 Å². The predicted molar refractivity (Wildman–Crippen MR) is 103 cm³/mol. The van der Waals surface area contributed by atoms with E-state index in [0.717, 1.165) is 43.5 Å². The second kappa shape index (κ2) is 8.19. The van der Waals surface area contributed by atoms with Gasteiger partial charge in [0.05, 0.1) is 12.0 Å². The molecular weight excluding hydrogens is 341 g/mol. The summed E-state index contributed by atoms with van der Waals surface area (Å²) in [5.74, 6) is 0.492. The van der Waals surface area contributed by atoms with Crippen LogP contribution in [0.2, 0.25) is 0 Å². The lowest BCUT2D eigenvalue weighted by Gasteiger charge is -2.34. The molecule has 2 aliphatic rings. The van der Waals surface area contributed by atoms with Crippen molar-refractivity contribution < 1.29 is 9.18 Å². The van der Waals surface area contributed by atoms with Gasteiger partial charge in [0.25, 0.3) is 0 Å². The predicted octanol–water partition coefficient (Wildman–Crippen LogP) is 3.07. The molecule has 2 unspecified atom stereocenters. The molecule has 1 amide bonds. The monoisotopic (exact) mass is 367 g/mol. The van der Waals surface area contributed by atoms with Gasteiger partial charge in [-0.05, 0) is 48.4 Å². The lowest BCUT2D eigenvalue weighted by Crippen LogP contribution is -2.44. The van der Waals surface area contributed by atoms with Crippen LogP contribution in [0.25, 0.3) is 0 Å². The van der Waals surface area contributed by atoms with E-state index in [9.17, 15) is 9.18 Å². The molecule has 2 fully saturated rings. The molecule has 0 aromatic heterocycles.